The average molecular weight is 280 g/mol. The Morgan fingerprint density at radius 2 is 2.05 bits per heavy atom. The van der Waals surface area contributed by atoms with Crippen molar-refractivity contribution in [2.75, 3.05) is 38.7 Å². The van der Waals surface area contributed by atoms with Crippen LogP contribution in [-0.2, 0) is 4.74 Å². The Morgan fingerprint density at radius 3 is 2.75 bits per heavy atom. The Balaban J connectivity index is 1.87. The van der Waals surface area contributed by atoms with Crippen molar-refractivity contribution >= 4 is 5.95 Å². The molecule has 114 valence electrons. The summed E-state index contributed by atoms with van der Waals surface area (Å²) < 4.78 is 7.37. The third kappa shape index (κ3) is 4.21. The summed E-state index contributed by atoms with van der Waals surface area (Å²) in [5.74, 6) is 0.944. The first-order valence-corrected chi connectivity index (χ1v) is 7.71. The third-order valence-electron chi connectivity index (χ3n) is 3.91. The standard InChI is InChI=1S/C15H28N4O/c1-13(11-18-8-5-4-6-9-18)17-15-16-7-10-19(15)14(2)12-20-3/h7,10,13-14H,4-6,8-9,11-12H2,1-3H3,(H,16,17). The Bertz CT molecular complexity index is 387. The van der Waals surface area contributed by atoms with Crippen molar-refractivity contribution in [3.05, 3.63) is 12.4 Å². The first-order chi connectivity index (χ1) is 9.70. The molecule has 0 saturated carbocycles. The molecule has 2 heterocycles. The maximum Gasteiger partial charge on any atom is 0.203 e. The monoisotopic (exact) mass is 280 g/mol. The molecule has 20 heavy (non-hydrogen) atoms. The van der Waals surface area contributed by atoms with Crippen molar-refractivity contribution in [3.63, 3.8) is 0 Å². The van der Waals surface area contributed by atoms with Gasteiger partial charge >= 0.3 is 0 Å². The Hall–Kier alpha value is -1.07. The van der Waals surface area contributed by atoms with Gasteiger partial charge in [-0.25, -0.2) is 4.98 Å². The van der Waals surface area contributed by atoms with Gasteiger partial charge in [0.1, 0.15) is 0 Å². The molecule has 5 heteroatoms. The quantitative estimate of drug-likeness (QED) is 0.832. The maximum absolute atomic E-state index is 5.22. The highest BCUT2D eigenvalue weighted by molar-refractivity contribution is 5.28. The van der Waals surface area contributed by atoms with Crippen molar-refractivity contribution < 1.29 is 4.74 Å². The van der Waals surface area contributed by atoms with Gasteiger partial charge in [-0.15, -0.1) is 0 Å². The molecular weight excluding hydrogens is 252 g/mol. The average Bonchev–Trinajstić information content (AvgIpc) is 2.88. The molecule has 1 aliphatic heterocycles. The van der Waals surface area contributed by atoms with Crippen molar-refractivity contribution in [1.29, 1.82) is 0 Å². The van der Waals surface area contributed by atoms with E-state index in [0.29, 0.717) is 18.7 Å². The Kier molecular flexibility index (Phi) is 5.86. The van der Waals surface area contributed by atoms with Crippen LogP contribution in [0.2, 0.25) is 0 Å². The van der Waals surface area contributed by atoms with Crippen LogP contribution < -0.4 is 5.32 Å². The fourth-order valence-corrected chi connectivity index (χ4v) is 2.90. The zero-order valence-corrected chi connectivity index (χ0v) is 13.0. The zero-order chi connectivity index (χ0) is 14.4. The van der Waals surface area contributed by atoms with Crippen molar-refractivity contribution in [1.82, 2.24) is 14.5 Å². The molecule has 0 aliphatic carbocycles. The summed E-state index contributed by atoms with van der Waals surface area (Å²) in [5.41, 5.74) is 0. The second kappa shape index (κ2) is 7.64. The van der Waals surface area contributed by atoms with Gasteiger partial charge in [0.15, 0.2) is 0 Å². The maximum atomic E-state index is 5.22. The molecule has 0 radical (unpaired) electrons. The molecule has 1 aromatic rings. The minimum Gasteiger partial charge on any atom is -0.383 e. The number of anilines is 1. The normalized spacial score (nSPS) is 19.8. The van der Waals surface area contributed by atoms with Gasteiger partial charge in [0.05, 0.1) is 12.6 Å². The van der Waals surface area contributed by atoms with Crippen LogP contribution in [0.3, 0.4) is 0 Å². The van der Waals surface area contributed by atoms with Crippen LogP contribution in [0.4, 0.5) is 5.95 Å². The minimum absolute atomic E-state index is 0.298. The Labute approximate surface area is 122 Å². The molecule has 2 unspecified atom stereocenters. The highest BCUT2D eigenvalue weighted by Gasteiger charge is 2.16. The van der Waals surface area contributed by atoms with Crippen LogP contribution in [0, 0.1) is 0 Å². The van der Waals surface area contributed by atoms with Gasteiger partial charge in [-0.1, -0.05) is 6.42 Å². The summed E-state index contributed by atoms with van der Waals surface area (Å²) in [6.45, 7) is 8.64. The molecule has 0 bridgehead atoms. The highest BCUT2D eigenvalue weighted by atomic mass is 16.5. The van der Waals surface area contributed by atoms with Gasteiger partial charge in [0.25, 0.3) is 0 Å². The lowest BCUT2D eigenvalue weighted by Gasteiger charge is -2.29. The lowest BCUT2D eigenvalue weighted by molar-refractivity contribution is 0.163. The van der Waals surface area contributed by atoms with E-state index in [-0.39, 0.29) is 0 Å². The van der Waals surface area contributed by atoms with E-state index in [0.717, 1.165) is 12.5 Å². The van der Waals surface area contributed by atoms with Crippen LogP contribution in [0.5, 0.6) is 0 Å². The number of imidazole rings is 1. The molecule has 2 atom stereocenters. The van der Waals surface area contributed by atoms with E-state index in [1.807, 2.05) is 12.4 Å². The molecule has 5 nitrogen and oxygen atoms in total. The Morgan fingerprint density at radius 1 is 1.30 bits per heavy atom. The van der Waals surface area contributed by atoms with E-state index in [9.17, 15) is 0 Å². The SMILES string of the molecule is COCC(C)n1ccnc1NC(C)CN1CCCCC1. The molecule has 1 aliphatic rings. The van der Waals surface area contributed by atoms with Crippen molar-refractivity contribution in [2.24, 2.45) is 0 Å². The van der Waals surface area contributed by atoms with Crippen molar-refractivity contribution in [3.8, 4) is 0 Å². The summed E-state index contributed by atoms with van der Waals surface area (Å²) in [7, 11) is 1.74. The smallest absolute Gasteiger partial charge is 0.203 e. The molecule has 1 N–H and O–H groups in total. The summed E-state index contributed by atoms with van der Waals surface area (Å²) >= 11 is 0. The second-order valence-corrected chi connectivity index (χ2v) is 5.87. The number of likely N-dealkylation sites (tertiary alicyclic amines) is 1. The third-order valence-corrected chi connectivity index (χ3v) is 3.91. The fourth-order valence-electron chi connectivity index (χ4n) is 2.90. The van der Waals surface area contributed by atoms with E-state index < -0.39 is 0 Å². The first kappa shape index (κ1) is 15.3. The van der Waals surface area contributed by atoms with Gasteiger partial charge in [0.2, 0.25) is 5.95 Å². The van der Waals surface area contributed by atoms with Gasteiger partial charge in [-0.05, 0) is 39.8 Å². The molecule has 0 amide bonds. The van der Waals surface area contributed by atoms with Gasteiger partial charge < -0.3 is 19.5 Å². The minimum atomic E-state index is 0.298. The lowest BCUT2D eigenvalue weighted by atomic mass is 10.1. The van der Waals surface area contributed by atoms with Crippen LogP contribution in [0.15, 0.2) is 12.4 Å². The first-order valence-electron chi connectivity index (χ1n) is 7.71. The number of methoxy groups -OCH3 is 1. The molecule has 2 rings (SSSR count). The van der Waals surface area contributed by atoms with E-state index >= 15 is 0 Å². The molecule has 0 aromatic carbocycles. The van der Waals surface area contributed by atoms with E-state index in [4.69, 9.17) is 4.74 Å². The summed E-state index contributed by atoms with van der Waals surface area (Å²) in [6, 6.07) is 0.705. The van der Waals surface area contributed by atoms with Crippen LogP contribution in [0.1, 0.15) is 39.2 Å². The van der Waals surface area contributed by atoms with E-state index in [2.05, 4.69) is 33.6 Å². The van der Waals surface area contributed by atoms with E-state index in [1.54, 1.807) is 7.11 Å². The molecule has 1 saturated heterocycles. The van der Waals surface area contributed by atoms with Crippen LogP contribution >= 0.6 is 0 Å². The largest absolute Gasteiger partial charge is 0.383 e. The number of nitrogens with one attached hydrogen (secondary N) is 1. The highest BCUT2D eigenvalue weighted by Crippen LogP contribution is 2.15. The number of hydrogen-bond acceptors (Lipinski definition) is 4. The van der Waals surface area contributed by atoms with Gasteiger partial charge in [0, 0.05) is 32.1 Å². The van der Waals surface area contributed by atoms with Crippen LogP contribution in [-0.4, -0.2) is 53.8 Å². The van der Waals surface area contributed by atoms with Gasteiger partial charge in [-0.3, -0.25) is 0 Å². The zero-order valence-electron chi connectivity index (χ0n) is 13.0. The lowest BCUT2D eigenvalue weighted by Crippen LogP contribution is -2.38. The summed E-state index contributed by atoms with van der Waals surface area (Å²) in [6.07, 6.45) is 7.93. The number of ether oxygens (including phenoxy) is 1. The second-order valence-electron chi connectivity index (χ2n) is 5.87. The molecular formula is C15H28N4O. The predicted octanol–water partition coefficient (Wildman–Crippen LogP) is 2.38. The summed E-state index contributed by atoms with van der Waals surface area (Å²) in [5, 5.41) is 3.53. The fraction of sp³-hybridized carbons (Fsp3) is 0.800. The number of hydrogen-bond donors (Lipinski definition) is 1. The number of aromatic nitrogens is 2. The van der Waals surface area contributed by atoms with Crippen LogP contribution in [0.25, 0.3) is 0 Å². The topological polar surface area (TPSA) is 42.3 Å². The molecule has 0 spiro atoms. The number of nitrogens with zero attached hydrogens (tertiary/aromatic N) is 3. The number of rotatable bonds is 7. The van der Waals surface area contributed by atoms with Crippen molar-refractivity contribution in [2.45, 2.75) is 45.2 Å². The van der Waals surface area contributed by atoms with Gasteiger partial charge in [-0.2, -0.15) is 0 Å². The number of piperidine rings is 1. The molecule has 1 fully saturated rings. The molecule has 1 aromatic heterocycles. The summed E-state index contributed by atoms with van der Waals surface area (Å²) in [4.78, 5) is 6.98. The van der Waals surface area contributed by atoms with E-state index in [1.165, 1.54) is 32.4 Å². The predicted molar refractivity (Wildman–Crippen MR) is 82.2 cm³/mol.